The van der Waals surface area contributed by atoms with Crippen molar-refractivity contribution >= 4 is 56.3 Å². The van der Waals surface area contributed by atoms with Crippen LogP contribution in [0, 0.1) is 0 Å². The zero-order valence-electron chi connectivity index (χ0n) is 50.0. The molecule has 2 heterocycles. The summed E-state index contributed by atoms with van der Waals surface area (Å²) in [5.41, 5.74) is 29.9. The summed E-state index contributed by atoms with van der Waals surface area (Å²) in [4.78, 5) is 14.5. The first kappa shape index (κ1) is 52.5. The maximum absolute atomic E-state index is 6.27. The molecule has 0 unspecified atom stereocenters. The summed E-state index contributed by atoms with van der Waals surface area (Å²) in [6, 6.07) is 89.0. The largest absolute Gasteiger partial charge is 0.436 e. The number of oxazole rings is 2. The molecule has 0 amide bonds. The van der Waals surface area contributed by atoms with E-state index in [1.165, 1.54) is 77.9 Å². The fraction of sp³-hybridized carbons (Fsp3) is 0.160. The summed E-state index contributed by atoms with van der Waals surface area (Å²) in [7, 11) is 0. The maximum atomic E-state index is 6.27. The van der Waals surface area contributed by atoms with Crippen LogP contribution in [0.5, 0.6) is 0 Å². The Kier molecular flexibility index (Phi) is 12.1. The molecule has 6 nitrogen and oxygen atoms in total. The van der Waals surface area contributed by atoms with Crippen molar-refractivity contribution < 1.29 is 8.83 Å². The number of para-hydroxylation sites is 4. The van der Waals surface area contributed by atoms with Gasteiger partial charge in [-0.25, -0.2) is 9.97 Å². The summed E-state index contributed by atoms with van der Waals surface area (Å²) < 4.78 is 12.5. The third-order valence-corrected chi connectivity index (χ3v) is 20.1. The standard InChI is InChI=1S/C81H66N4O2/c1-7-80(8-2)67-21-13-11-19-61(67)65-45-41-59(49-71(65)80)84(56-36-29-52(30-37-56)77-82-73-23-15-17-25-75(73)86-77)55-34-27-51(28-35-55)54-33-43-63-64-44-40-58(48-70(64)79(5,6)69(63)47-54)85(57-38-31-53(32-39-57)78-83-74-24-16-18-26-76(74)87-78)60-42-46-66-62-20-12-14-22-68(62)81(9-3,10-4)72(66)50-60/h11-50H,7-10H2,1-6H3. The van der Waals surface area contributed by atoms with Crippen molar-refractivity contribution in [3.05, 3.63) is 276 Å². The fourth-order valence-corrected chi connectivity index (χ4v) is 15.4. The van der Waals surface area contributed by atoms with E-state index in [9.17, 15) is 0 Å². The SMILES string of the molecule is CCC1(CC)c2ccccc2-c2ccc(N(c3ccc(-c4ccc5c(c4)C(C)(C)c4cc(N(c6ccc(-c7nc8ccccc8o7)cc6)c6ccc7c(c6)C(CC)(CC)c6ccccc6-7)ccc4-5)cc3)c3ccc(-c4nc5ccccc5o4)cc3)cc21. The van der Waals surface area contributed by atoms with Crippen LogP contribution in [0.25, 0.3) is 89.6 Å². The van der Waals surface area contributed by atoms with Gasteiger partial charge in [-0.15, -0.1) is 0 Å². The summed E-state index contributed by atoms with van der Waals surface area (Å²) in [6.07, 6.45) is 4.09. The highest BCUT2D eigenvalue weighted by Gasteiger charge is 2.43. The number of fused-ring (bicyclic) bond motifs is 11. The van der Waals surface area contributed by atoms with Crippen molar-refractivity contribution in [2.45, 2.75) is 83.5 Å². The normalized spacial score (nSPS) is 14.3. The molecule has 2 aromatic heterocycles. The Morgan fingerprint density at radius 1 is 0.299 bits per heavy atom. The number of aromatic nitrogens is 2. The van der Waals surface area contributed by atoms with E-state index in [2.05, 4.69) is 245 Å². The van der Waals surface area contributed by atoms with Crippen molar-refractivity contribution in [3.63, 3.8) is 0 Å². The van der Waals surface area contributed by atoms with Gasteiger partial charge in [0.25, 0.3) is 0 Å². The highest BCUT2D eigenvalue weighted by Crippen LogP contribution is 2.57. The predicted molar refractivity (Wildman–Crippen MR) is 358 cm³/mol. The average Bonchev–Trinajstić information content (AvgIpc) is 1.74. The summed E-state index contributed by atoms with van der Waals surface area (Å²) >= 11 is 0. The van der Waals surface area contributed by atoms with Gasteiger partial charge in [0.05, 0.1) is 0 Å². The quantitative estimate of drug-likeness (QED) is 0.115. The van der Waals surface area contributed by atoms with Gasteiger partial charge in [-0.2, -0.15) is 0 Å². The molecule has 0 saturated carbocycles. The number of anilines is 6. The molecular weight excluding hydrogens is 1060 g/mol. The molecule has 0 atom stereocenters. The van der Waals surface area contributed by atoms with E-state index < -0.39 is 0 Å². The molecule has 16 rings (SSSR count). The molecule has 3 aliphatic rings. The Morgan fingerprint density at radius 2 is 0.621 bits per heavy atom. The molecule has 0 N–H and O–H groups in total. The molecule has 87 heavy (non-hydrogen) atoms. The zero-order valence-corrected chi connectivity index (χ0v) is 50.0. The highest BCUT2D eigenvalue weighted by atomic mass is 16.4. The van der Waals surface area contributed by atoms with Crippen LogP contribution in [-0.2, 0) is 16.2 Å². The van der Waals surface area contributed by atoms with Gasteiger partial charge in [0.15, 0.2) is 11.2 Å². The lowest BCUT2D eigenvalue weighted by atomic mass is 9.74. The lowest BCUT2D eigenvalue weighted by Gasteiger charge is -2.32. The van der Waals surface area contributed by atoms with E-state index in [4.69, 9.17) is 18.8 Å². The molecular formula is C81H66N4O2. The van der Waals surface area contributed by atoms with E-state index in [0.29, 0.717) is 11.8 Å². The molecule has 0 bridgehead atoms. The van der Waals surface area contributed by atoms with E-state index in [1.54, 1.807) is 0 Å². The van der Waals surface area contributed by atoms with E-state index in [-0.39, 0.29) is 16.2 Å². The van der Waals surface area contributed by atoms with Crippen LogP contribution in [0.2, 0.25) is 0 Å². The van der Waals surface area contributed by atoms with Gasteiger partial charge in [-0.05, 0) is 231 Å². The topological polar surface area (TPSA) is 58.5 Å². The van der Waals surface area contributed by atoms with Gasteiger partial charge in [-0.1, -0.05) is 157 Å². The number of nitrogens with zero attached hydrogens (tertiary/aromatic N) is 4. The monoisotopic (exact) mass is 1130 g/mol. The second-order valence-electron chi connectivity index (χ2n) is 24.5. The summed E-state index contributed by atoms with van der Waals surface area (Å²) in [5, 5.41) is 0. The summed E-state index contributed by atoms with van der Waals surface area (Å²) in [5.74, 6) is 1.23. The molecule has 0 spiro atoms. The Balaban J connectivity index is 0.755. The fourth-order valence-electron chi connectivity index (χ4n) is 15.4. The molecule has 6 heteroatoms. The molecule has 0 fully saturated rings. The van der Waals surface area contributed by atoms with E-state index >= 15 is 0 Å². The van der Waals surface area contributed by atoms with Crippen LogP contribution >= 0.6 is 0 Å². The van der Waals surface area contributed by atoms with Crippen LogP contribution in [-0.4, -0.2) is 9.97 Å². The van der Waals surface area contributed by atoms with Crippen LogP contribution in [0.4, 0.5) is 34.1 Å². The number of rotatable bonds is 13. The molecule has 3 aliphatic carbocycles. The molecule has 11 aromatic carbocycles. The van der Waals surface area contributed by atoms with Crippen molar-refractivity contribution in [2.24, 2.45) is 0 Å². The highest BCUT2D eigenvalue weighted by molar-refractivity contribution is 5.92. The van der Waals surface area contributed by atoms with Gasteiger partial charge >= 0.3 is 0 Å². The van der Waals surface area contributed by atoms with Gasteiger partial charge < -0.3 is 18.6 Å². The van der Waals surface area contributed by atoms with Gasteiger partial charge in [0, 0.05) is 61.5 Å². The van der Waals surface area contributed by atoms with Crippen LogP contribution in [0.3, 0.4) is 0 Å². The van der Waals surface area contributed by atoms with Crippen LogP contribution < -0.4 is 9.80 Å². The van der Waals surface area contributed by atoms with Gasteiger partial charge in [0.1, 0.15) is 11.0 Å². The van der Waals surface area contributed by atoms with Crippen molar-refractivity contribution in [1.82, 2.24) is 9.97 Å². The second kappa shape index (κ2) is 20.0. The third-order valence-electron chi connectivity index (χ3n) is 20.1. The lowest BCUT2D eigenvalue weighted by Crippen LogP contribution is -2.23. The zero-order chi connectivity index (χ0) is 58.8. The Hall–Kier alpha value is -10.0. The first-order valence-corrected chi connectivity index (χ1v) is 31.0. The molecule has 0 radical (unpaired) electrons. The first-order valence-electron chi connectivity index (χ1n) is 31.0. The minimum Gasteiger partial charge on any atom is -0.436 e. The number of benzene rings is 11. The van der Waals surface area contributed by atoms with Crippen molar-refractivity contribution in [1.29, 1.82) is 0 Å². The smallest absolute Gasteiger partial charge is 0.227 e. The van der Waals surface area contributed by atoms with E-state index in [1.807, 2.05) is 48.5 Å². The third kappa shape index (κ3) is 8.00. The lowest BCUT2D eigenvalue weighted by molar-refractivity contribution is 0.490. The molecule has 422 valence electrons. The van der Waals surface area contributed by atoms with Crippen molar-refractivity contribution in [3.8, 4) is 67.4 Å². The average molecular weight is 1130 g/mol. The number of hydrogen-bond donors (Lipinski definition) is 0. The van der Waals surface area contributed by atoms with E-state index in [0.717, 1.165) is 93.1 Å². The summed E-state index contributed by atoms with van der Waals surface area (Å²) in [6.45, 7) is 14.2. The van der Waals surface area contributed by atoms with Crippen LogP contribution in [0.15, 0.2) is 251 Å². The van der Waals surface area contributed by atoms with Crippen molar-refractivity contribution in [2.75, 3.05) is 9.80 Å². The number of hydrogen-bond acceptors (Lipinski definition) is 6. The Labute approximate surface area is 509 Å². The van der Waals surface area contributed by atoms with Gasteiger partial charge in [0.2, 0.25) is 11.8 Å². The van der Waals surface area contributed by atoms with Crippen LogP contribution in [0.1, 0.15) is 101 Å². The second-order valence-corrected chi connectivity index (χ2v) is 24.5. The maximum Gasteiger partial charge on any atom is 0.227 e. The minimum absolute atomic E-state index is 0.0648. The van der Waals surface area contributed by atoms with Gasteiger partial charge in [-0.3, -0.25) is 0 Å². The molecule has 0 saturated heterocycles. The Bertz CT molecular complexity index is 4780. The molecule has 13 aromatic rings. The predicted octanol–water partition coefficient (Wildman–Crippen LogP) is 22.4. The first-order chi connectivity index (χ1) is 42.6. The Morgan fingerprint density at radius 3 is 1.06 bits per heavy atom. The minimum atomic E-state index is -0.293. The molecule has 0 aliphatic heterocycles.